The fourth-order valence-corrected chi connectivity index (χ4v) is 2.57. The van der Waals surface area contributed by atoms with E-state index in [1.54, 1.807) is 25.5 Å². The summed E-state index contributed by atoms with van der Waals surface area (Å²) < 4.78 is 1.46. The first-order valence-electron chi connectivity index (χ1n) is 4.47. The average molecular weight is 255 g/mol. The van der Waals surface area contributed by atoms with Crippen molar-refractivity contribution < 1.29 is 4.79 Å². The van der Waals surface area contributed by atoms with Gasteiger partial charge in [0.15, 0.2) is 5.13 Å². The van der Waals surface area contributed by atoms with E-state index in [0.29, 0.717) is 15.7 Å². The lowest BCUT2D eigenvalue weighted by atomic mass is 10.4. The molecule has 0 spiro atoms. The molecule has 0 saturated heterocycles. The van der Waals surface area contributed by atoms with E-state index in [1.165, 1.54) is 15.9 Å². The van der Waals surface area contributed by atoms with Crippen LogP contribution >= 0.6 is 22.7 Å². The Bertz CT molecular complexity index is 568. The smallest absolute Gasteiger partial charge is 0.306 e. The minimum Gasteiger partial charge on any atom is -0.306 e. The summed E-state index contributed by atoms with van der Waals surface area (Å²) in [5.41, 5.74) is 0.670. The Hall–Kier alpha value is -1.47. The highest BCUT2D eigenvalue weighted by Crippen LogP contribution is 2.15. The van der Waals surface area contributed by atoms with Crippen LogP contribution in [0.15, 0.2) is 16.4 Å². The van der Waals surface area contributed by atoms with Crippen molar-refractivity contribution in [2.45, 2.75) is 6.92 Å². The van der Waals surface area contributed by atoms with Gasteiger partial charge >= 0.3 is 4.87 Å². The van der Waals surface area contributed by atoms with Gasteiger partial charge in [0.25, 0.3) is 5.91 Å². The number of nitrogens with one attached hydrogen (secondary N) is 1. The first-order chi connectivity index (χ1) is 7.59. The van der Waals surface area contributed by atoms with Gasteiger partial charge in [-0.2, -0.15) is 0 Å². The van der Waals surface area contributed by atoms with E-state index in [0.717, 1.165) is 11.3 Å². The van der Waals surface area contributed by atoms with Gasteiger partial charge in [0.05, 0.1) is 0 Å². The molecule has 1 amide bonds. The highest BCUT2D eigenvalue weighted by atomic mass is 32.1. The molecule has 16 heavy (non-hydrogen) atoms. The number of hydrogen-bond acceptors (Lipinski definition) is 5. The summed E-state index contributed by atoms with van der Waals surface area (Å²) in [4.78, 5) is 27.4. The molecule has 2 aromatic heterocycles. The highest BCUT2D eigenvalue weighted by Gasteiger charge is 2.16. The number of hydrogen-bond donors (Lipinski definition) is 1. The molecule has 0 radical (unpaired) electrons. The lowest BCUT2D eigenvalue weighted by Gasteiger charge is -2.00. The van der Waals surface area contributed by atoms with Crippen molar-refractivity contribution in [3.8, 4) is 0 Å². The predicted molar refractivity (Wildman–Crippen MR) is 64.4 cm³/mol. The van der Waals surface area contributed by atoms with Crippen LogP contribution in [-0.2, 0) is 7.05 Å². The maximum Gasteiger partial charge on any atom is 0.307 e. The highest BCUT2D eigenvalue weighted by molar-refractivity contribution is 7.14. The number of anilines is 1. The fourth-order valence-electron chi connectivity index (χ4n) is 1.17. The van der Waals surface area contributed by atoms with Crippen LogP contribution in [-0.4, -0.2) is 15.5 Å². The maximum absolute atomic E-state index is 11.8. The van der Waals surface area contributed by atoms with Crippen LogP contribution in [0.4, 0.5) is 5.13 Å². The molecule has 0 unspecified atom stereocenters. The Balaban J connectivity index is 2.28. The van der Waals surface area contributed by atoms with Crippen molar-refractivity contribution in [3.63, 3.8) is 0 Å². The molecule has 0 aromatic carbocycles. The van der Waals surface area contributed by atoms with E-state index in [2.05, 4.69) is 10.3 Å². The second kappa shape index (κ2) is 4.18. The van der Waals surface area contributed by atoms with Gasteiger partial charge in [-0.25, -0.2) is 4.98 Å². The number of carbonyl (C=O) groups excluding carboxylic acids is 1. The maximum atomic E-state index is 11.8. The van der Waals surface area contributed by atoms with E-state index in [1.807, 2.05) is 0 Å². The molecule has 0 atom stereocenters. The molecule has 7 heteroatoms. The van der Waals surface area contributed by atoms with Crippen LogP contribution in [0, 0.1) is 6.92 Å². The van der Waals surface area contributed by atoms with Crippen LogP contribution in [0.3, 0.4) is 0 Å². The minimum absolute atomic E-state index is 0.137. The fraction of sp³-hybridized carbons (Fsp3) is 0.222. The third kappa shape index (κ3) is 1.91. The number of carbonyl (C=O) groups is 1. The van der Waals surface area contributed by atoms with E-state index in [9.17, 15) is 9.59 Å². The van der Waals surface area contributed by atoms with Crippen molar-refractivity contribution in [1.82, 2.24) is 9.55 Å². The number of rotatable bonds is 2. The third-order valence-corrected chi connectivity index (χ3v) is 3.98. The van der Waals surface area contributed by atoms with Gasteiger partial charge in [-0.15, -0.1) is 11.3 Å². The van der Waals surface area contributed by atoms with Gasteiger partial charge in [-0.1, -0.05) is 11.3 Å². The standard InChI is InChI=1S/C9H9N3O2S2/c1-5-6(16-9(14)12(5)2)7(13)11-8-10-3-4-15-8/h3-4H,1-2H3,(H,10,11,13). The molecule has 0 fully saturated rings. The molecule has 0 aliphatic carbocycles. The molecule has 5 nitrogen and oxygen atoms in total. The van der Waals surface area contributed by atoms with Gasteiger partial charge in [0.1, 0.15) is 4.88 Å². The SMILES string of the molecule is Cc1c(C(=O)Nc2nccs2)sc(=O)n1C. The number of amides is 1. The molecule has 2 aromatic rings. The van der Waals surface area contributed by atoms with Crippen LogP contribution < -0.4 is 10.2 Å². The Morgan fingerprint density at radius 2 is 2.31 bits per heavy atom. The summed E-state index contributed by atoms with van der Waals surface area (Å²) in [6.07, 6.45) is 1.61. The van der Waals surface area contributed by atoms with Crippen LogP contribution in [0.25, 0.3) is 0 Å². The number of nitrogens with zero attached hydrogens (tertiary/aromatic N) is 2. The van der Waals surface area contributed by atoms with Crippen LogP contribution in [0.5, 0.6) is 0 Å². The minimum atomic E-state index is -0.282. The summed E-state index contributed by atoms with van der Waals surface area (Å²) in [7, 11) is 1.65. The Labute approximate surface area is 99.4 Å². The lowest BCUT2D eigenvalue weighted by Crippen LogP contribution is -2.12. The summed E-state index contributed by atoms with van der Waals surface area (Å²) in [5.74, 6) is -0.282. The topological polar surface area (TPSA) is 64.0 Å². The van der Waals surface area contributed by atoms with E-state index < -0.39 is 0 Å². The number of thiazole rings is 2. The molecule has 0 saturated carbocycles. The Morgan fingerprint density at radius 3 is 2.81 bits per heavy atom. The molecular formula is C9H9N3O2S2. The second-order valence-corrected chi connectivity index (χ2v) is 4.99. The second-order valence-electron chi connectivity index (χ2n) is 3.13. The Kier molecular flexibility index (Phi) is 2.88. The number of aromatic nitrogens is 2. The predicted octanol–water partition coefficient (Wildman–Crippen LogP) is 1.46. The van der Waals surface area contributed by atoms with E-state index in [4.69, 9.17) is 0 Å². The first kappa shape index (κ1) is 11.0. The van der Waals surface area contributed by atoms with Crippen molar-refractivity contribution in [2.75, 3.05) is 5.32 Å². The summed E-state index contributed by atoms with van der Waals surface area (Å²) in [6, 6.07) is 0. The zero-order valence-corrected chi connectivity index (χ0v) is 10.3. The van der Waals surface area contributed by atoms with E-state index >= 15 is 0 Å². The molecule has 0 aliphatic heterocycles. The first-order valence-corrected chi connectivity index (χ1v) is 6.16. The molecule has 2 rings (SSSR count). The largest absolute Gasteiger partial charge is 0.307 e. The monoisotopic (exact) mass is 255 g/mol. The van der Waals surface area contributed by atoms with Crippen molar-refractivity contribution in [3.05, 3.63) is 31.8 Å². The summed E-state index contributed by atoms with van der Waals surface area (Å²) in [5, 5.41) is 4.96. The molecule has 2 heterocycles. The lowest BCUT2D eigenvalue weighted by molar-refractivity contribution is 0.102. The van der Waals surface area contributed by atoms with Gasteiger partial charge < -0.3 is 4.57 Å². The average Bonchev–Trinajstić information content (AvgIpc) is 2.83. The molecule has 84 valence electrons. The summed E-state index contributed by atoms with van der Waals surface area (Å²) >= 11 is 2.28. The van der Waals surface area contributed by atoms with Gasteiger partial charge in [0.2, 0.25) is 0 Å². The van der Waals surface area contributed by atoms with Gasteiger partial charge in [-0.3, -0.25) is 14.9 Å². The zero-order chi connectivity index (χ0) is 11.7. The van der Waals surface area contributed by atoms with Crippen molar-refractivity contribution in [1.29, 1.82) is 0 Å². The van der Waals surface area contributed by atoms with Crippen molar-refractivity contribution >= 4 is 33.7 Å². The quantitative estimate of drug-likeness (QED) is 0.883. The van der Waals surface area contributed by atoms with Crippen LogP contribution in [0.1, 0.15) is 15.4 Å². The molecule has 1 N–H and O–H groups in total. The normalized spacial score (nSPS) is 10.4. The molecular weight excluding hydrogens is 246 g/mol. The third-order valence-electron chi connectivity index (χ3n) is 2.15. The zero-order valence-electron chi connectivity index (χ0n) is 8.68. The van der Waals surface area contributed by atoms with E-state index in [-0.39, 0.29) is 10.8 Å². The Morgan fingerprint density at radius 1 is 1.56 bits per heavy atom. The van der Waals surface area contributed by atoms with Gasteiger partial charge in [0, 0.05) is 24.3 Å². The van der Waals surface area contributed by atoms with Crippen molar-refractivity contribution in [2.24, 2.45) is 7.05 Å². The van der Waals surface area contributed by atoms with Gasteiger partial charge in [-0.05, 0) is 6.92 Å². The molecule has 0 aliphatic rings. The summed E-state index contributed by atoms with van der Waals surface area (Å²) in [6.45, 7) is 1.74. The molecule has 0 bridgehead atoms. The van der Waals surface area contributed by atoms with Crippen LogP contribution in [0.2, 0.25) is 0 Å².